The number of nitrogens with zero attached hydrogens (tertiary/aromatic N) is 1. The highest BCUT2D eigenvalue weighted by Gasteiger charge is 2.05. The third-order valence-electron chi connectivity index (χ3n) is 2.68. The van der Waals surface area contributed by atoms with Crippen LogP contribution in [0.2, 0.25) is 0 Å². The summed E-state index contributed by atoms with van der Waals surface area (Å²) in [5, 5.41) is 3.15. The van der Waals surface area contributed by atoms with Crippen LogP contribution in [0.25, 0.3) is 0 Å². The molecule has 0 aliphatic carbocycles. The maximum Gasteiger partial charge on any atom is 0.165 e. The lowest BCUT2D eigenvalue weighted by Gasteiger charge is -2.08. The fourth-order valence-corrected chi connectivity index (χ4v) is 1.68. The van der Waals surface area contributed by atoms with Gasteiger partial charge < -0.3 is 10.1 Å². The normalized spacial score (nSPS) is 10.4. The van der Waals surface area contributed by atoms with E-state index in [1.54, 1.807) is 12.3 Å². The number of hydrogen-bond donors (Lipinski definition) is 1. The molecule has 4 heteroatoms. The maximum absolute atomic E-state index is 13.8. The molecule has 0 aliphatic rings. The van der Waals surface area contributed by atoms with E-state index in [1.165, 1.54) is 6.07 Å². The van der Waals surface area contributed by atoms with Gasteiger partial charge in [-0.3, -0.25) is 4.98 Å². The summed E-state index contributed by atoms with van der Waals surface area (Å²) in [4.78, 5) is 4.12. The molecule has 2 rings (SSSR count). The van der Waals surface area contributed by atoms with Crippen molar-refractivity contribution in [1.29, 1.82) is 0 Å². The number of hydrogen-bond acceptors (Lipinski definition) is 3. The molecule has 0 saturated heterocycles. The zero-order valence-corrected chi connectivity index (χ0v) is 10.9. The van der Waals surface area contributed by atoms with Crippen molar-refractivity contribution in [2.24, 2.45) is 0 Å². The third kappa shape index (κ3) is 4.03. The fraction of sp³-hybridized carbons (Fsp3) is 0.267. The van der Waals surface area contributed by atoms with Gasteiger partial charge in [-0.1, -0.05) is 19.1 Å². The SMILES string of the molecule is CCNCc1ccc(OCc2ccccn2)c(F)c1. The molecule has 0 spiro atoms. The zero-order valence-electron chi connectivity index (χ0n) is 10.9. The lowest BCUT2D eigenvalue weighted by molar-refractivity contribution is 0.285. The third-order valence-corrected chi connectivity index (χ3v) is 2.68. The van der Waals surface area contributed by atoms with Gasteiger partial charge >= 0.3 is 0 Å². The molecule has 1 aromatic heterocycles. The molecule has 0 saturated carbocycles. The van der Waals surface area contributed by atoms with E-state index in [9.17, 15) is 4.39 Å². The molecule has 3 nitrogen and oxygen atoms in total. The van der Waals surface area contributed by atoms with E-state index in [-0.39, 0.29) is 18.2 Å². The molecule has 0 amide bonds. The Morgan fingerprint density at radius 3 is 2.84 bits per heavy atom. The minimum atomic E-state index is -0.341. The van der Waals surface area contributed by atoms with Crippen LogP contribution in [-0.4, -0.2) is 11.5 Å². The topological polar surface area (TPSA) is 34.1 Å². The molecule has 1 N–H and O–H groups in total. The molecule has 0 atom stereocenters. The van der Waals surface area contributed by atoms with Gasteiger partial charge in [-0.05, 0) is 36.4 Å². The summed E-state index contributed by atoms with van der Waals surface area (Å²) in [7, 11) is 0. The summed E-state index contributed by atoms with van der Waals surface area (Å²) in [5.74, 6) is -0.0859. The first-order chi connectivity index (χ1) is 9.29. The van der Waals surface area contributed by atoms with Gasteiger partial charge in [0.1, 0.15) is 6.61 Å². The smallest absolute Gasteiger partial charge is 0.165 e. The van der Waals surface area contributed by atoms with Crippen molar-refractivity contribution in [2.75, 3.05) is 6.54 Å². The van der Waals surface area contributed by atoms with Gasteiger partial charge in [-0.25, -0.2) is 4.39 Å². The standard InChI is InChI=1S/C15H17FN2O/c1-2-17-10-12-6-7-15(14(16)9-12)19-11-13-5-3-4-8-18-13/h3-9,17H,2,10-11H2,1H3. The van der Waals surface area contributed by atoms with Crippen LogP contribution in [0.3, 0.4) is 0 Å². The predicted octanol–water partition coefficient (Wildman–Crippen LogP) is 2.91. The van der Waals surface area contributed by atoms with E-state index in [1.807, 2.05) is 31.2 Å². The lowest BCUT2D eigenvalue weighted by Crippen LogP contribution is -2.11. The van der Waals surface area contributed by atoms with Crippen molar-refractivity contribution in [3.05, 3.63) is 59.7 Å². The van der Waals surface area contributed by atoms with Gasteiger partial charge in [0.15, 0.2) is 11.6 Å². The Morgan fingerprint density at radius 2 is 2.16 bits per heavy atom. The highest BCUT2D eigenvalue weighted by Crippen LogP contribution is 2.19. The first kappa shape index (κ1) is 13.5. The fourth-order valence-electron chi connectivity index (χ4n) is 1.68. The van der Waals surface area contributed by atoms with Crippen LogP contribution in [0, 0.1) is 5.82 Å². The molecule has 0 unspecified atom stereocenters. The summed E-state index contributed by atoms with van der Waals surface area (Å²) in [5.41, 5.74) is 1.68. The van der Waals surface area contributed by atoms with Crippen molar-refractivity contribution in [2.45, 2.75) is 20.1 Å². The summed E-state index contributed by atoms with van der Waals surface area (Å²) < 4.78 is 19.2. The Bertz CT molecular complexity index is 517. The van der Waals surface area contributed by atoms with Crippen molar-refractivity contribution in [3.8, 4) is 5.75 Å². The van der Waals surface area contributed by atoms with Gasteiger partial charge in [0, 0.05) is 12.7 Å². The number of benzene rings is 1. The molecule has 0 fully saturated rings. The second-order valence-electron chi connectivity index (χ2n) is 4.15. The van der Waals surface area contributed by atoms with Crippen LogP contribution in [0.4, 0.5) is 4.39 Å². The molecule has 0 radical (unpaired) electrons. The minimum Gasteiger partial charge on any atom is -0.484 e. The molecule has 0 aliphatic heterocycles. The van der Waals surface area contributed by atoms with Gasteiger partial charge in [-0.2, -0.15) is 0 Å². The summed E-state index contributed by atoms with van der Waals surface area (Å²) >= 11 is 0. The van der Waals surface area contributed by atoms with E-state index < -0.39 is 0 Å². The van der Waals surface area contributed by atoms with Gasteiger partial charge in [0.25, 0.3) is 0 Å². The number of aromatic nitrogens is 1. The predicted molar refractivity (Wildman–Crippen MR) is 72.3 cm³/mol. The zero-order chi connectivity index (χ0) is 13.5. The van der Waals surface area contributed by atoms with Crippen LogP contribution in [0.1, 0.15) is 18.2 Å². The number of halogens is 1. The number of nitrogens with one attached hydrogen (secondary N) is 1. The second kappa shape index (κ2) is 6.85. The van der Waals surface area contributed by atoms with Crippen molar-refractivity contribution in [1.82, 2.24) is 10.3 Å². The van der Waals surface area contributed by atoms with Gasteiger partial charge in [0.2, 0.25) is 0 Å². The molecule has 1 aromatic carbocycles. The van der Waals surface area contributed by atoms with Crippen LogP contribution in [0.5, 0.6) is 5.75 Å². The number of rotatable bonds is 6. The molecule has 100 valence electrons. The quantitative estimate of drug-likeness (QED) is 0.867. The van der Waals surface area contributed by atoms with Crippen molar-refractivity contribution >= 4 is 0 Å². The van der Waals surface area contributed by atoms with Crippen molar-refractivity contribution in [3.63, 3.8) is 0 Å². The van der Waals surface area contributed by atoms with E-state index in [0.717, 1.165) is 17.8 Å². The maximum atomic E-state index is 13.8. The first-order valence-corrected chi connectivity index (χ1v) is 6.31. The van der Waals surface area contributed by atoms with E-state index in [4.69, 9.17) is 4.74 Å². The van der Waals surface area contributed by atoms with Crippen LogP contribution < -0.4 is 10.1 Å². The molecule has 1 heterocycles. The Hall–Kier alpha value is -1.94. The van der Waals surface area contributed by atoms with E-state index >= 15 is 0 Å². The second-order valence-corrected chi connectivity index (χ2v) is 4.15. The Balaban J connectivity index is 1.97. The van der Waals surface area contributed by atoms with E-state index in [0.29, 0.717) is 6.54 Å². The summed E-state index contributed by atoms with van der Waals surface area (Å²) in [6.45, 7) is 3.80. The highest BCUT2D eigenvalue weighted by molar-refractivity contribution is 5.29. The number of ether oxygens (including phenoxy) is 1. The highest BCUT2D eigenvalue weighted by atomic mass is 19.1. The summed E-state index contributed by atoms with van der Waals surface area (Å²) in [6.07, 6.45) is 1.69. The van der Waals surface area contributed by atoms with Crippen LogP contribution in [0.15, 0.2) is 42.6 Å². The molecular formula is C15H17FN2O. The monoisotopic (exact) mass is 260 g/mol. The van der Waals surface area contributed by atoms with Gasteiger partial charge in [-0.15, -0.1) is 0 Å². The Labute approximate surface area is 112 Å². The van der Waals surface area contributed by atoms with E-state index in [2.05, 4.69) is 10.3 Å². The van der Waals surface area contributed by atoms with Gasteiger partial charge in [0.05, 0.1) is 5.69 Å². The number of pyridine rings is 1. The Kier molecular flexibility index (Phi) is 4.86. The average molecular weight is 260 g/mol. The van der Waals surface area contributed by atoms with Crippen molar-refractivity contribution < 1.29 is 9.13 Å². The molecule has 2 aromatic rings. The minimum absolute atomic E-state index is 0.255. The largest absolute Gasteiger partial charge is 0.484 e. The van der Waals surface area contributed by atoms with Crippen LogP contribution in [-0.2, 0) is 13.2 Å². The summed E-state index contributed by atoms with van der Waals surface area (Å²) in [6, 6.07) is 10.6. The molecular weight excluding hydrogens is 243 g/mol. The first-order valence-electron chi connectivity index (χ1n) is 6.31. The lowest BCUT2D eigenvalue weighted by atomic mass is 10.2. The molecule has 0 bridgehead atoms. The van der Waals surface area contributed by atoms with Crippen LogP contribution >= 0.6 is 0 Å². The molecule has 19 heavy (non-hydrogen) atoms. The Morgan fingerprint density at radius 1 is 1.26 bits per heavy atom. The average Bonchev–Trinajstić information content (AvgIpc) is 2.45.